The molecular formula is H3GeNbO6. The second-order valence-corrected chi connectivity index (χ2v) is 2.88. The molecule has 8 heavy (non-hydrogen) atoms. The molecule has 0 bridgehead atoms. The standard InChI is InChI=1S/GeH2O3.Nb.H2O.2O/c2-1(3)4;;;;/h2-3H;;1H2;;/q;+1;;;/p-1. The zero-order chi connectivity index (χ0) is 7.15. The van der Waals surface area contributed by atoms with E-state index in [-0.39, 0.29) is 0 Å². The van der Waals surface area contributed by atoms with E-state index in [9.17, 15) is 0 Å². The van der Waals surface area contributed by atoms with Crippen molar-refractivity contribution in [3.05, 3.63) is 0 Å². The van der Waals surface area contributed by atoms with E-state index in [0.29, 0.717) is 0 Å². The molecule has 0 aliphatic heterocycles. The molecule has 3 N–H and O–H groups in total. The summed E-state index contributed by atoms with van der Waals surface area (Å²) in [5.41, 5.74) is 0. The first kappa shape index (κ1) is 11.1. The van der Waals surface area contributed by atoms with Crippen molar-refractivity contribution in [1.29, 1.82) is 0 Å². The Labute approximate surface area is 56.1 Å². The first-order chi connectivity index (χ1) is 3.46. The minimum atomic E-state index is -3.95. The molecule has 0 unspecified atom stereocenters. The maximum atomic E-state index is 8.81. The summed E-state index contributed by atoms with van der Waals surface area (Å²) in [5, 5.41) is 0. The van der Waals surface area contributed by atoms with E-state index in [2.05, 4.69) is 0 Å². The number of hydrogen-bond acceptors (Lipinski definition) is 3. The third-order valence-electron chi connectivity index (χ3n) is 0. The monoisotopic (exact) mass is 266 g/mol. The van der Waals surface area contributed by atoms with Gasteiger partial charge in [-0.25, -0.2) is 0 Å². The second-order valence-electron chi connectivity index (χ2n) is 0.520. The molecule has 0 spiro atoms. The van der Waals surface area contributed by atoms with Crippen LogP contribution >= 0.6 is 0 Å². The van der Waals surface area contributed by atoms with E-state index >= 15 is 0 Å². The quantitative estimate of drug-likeness (QED) is 0.420. The minimum absolute atomic E-state index is 3.58. The van der Waals surface area contributed by atoms with Crippen LogP contribution in [-0.4, -0.2) is 26.8 Å². The Bertz CT molecular complexity index is 110. The van der Waals surface area contributed by atoms with Gasteiger partial charge in [-0.2, -0.15) is 0 Å². The molecule has 0 saturated heterocycles. The van der Waals surface area contributed by atoms with Crippen molar-refractivity contribution in [2.75, 3.05) is 0 Å². The summed E-state index contributed by atoms with van der Waals surface area (Å²) in [6.07, 6.45) is 0. The van der Waals surface area contributed by atoms with Crippen LogP contribution in [-0.2, 0) is 29.1 Å². The zero-order valence-corrected chi connectivity index (χ0v) is 7.81. The van der Waals surface area contributed by atoms with Gasteiger partial charge in [0.1, 0.15) is 0 Å². The van der Waals surface area contributed by atoms with Crippen molar-refractivity contribution in [3.63, 3.8) is 0 Å². The van der Waals surface area contributed by atoms with Crippen LogP contribution in [0, 0.1) is 0 Å². The molecule has 0 aliphatic carbocycles. The van der Waals surface area contributed by atoms with Crippen LogP contribution in [0.25, 0.3) is 0 Å². The van der Waals surface area contributed by atoms with Crippen molar-refractivity contribution < 1.29 is 40.9 Å². The molecule has 48 valence electrons. The van der Waals surface area contributed by atoms with Crippen molar-refractivity contribution in [2.24, 2.45) is 0 Å². The van der Waals surface area contributed by atoms with E-state index in [4.69, 9.17) is 22.2 Å². The van der Waals surface area contributed by atoms with E-state index < -0.39 is 33.7 Å². The Morgan fingerprint density at radius 1 is 1.25 bits per heavy atom. The summed E-state index contributed by atoms with van der Waals surface area (Å²) in [6.45, 7) is 0. The van der Waals surface area contributed by atoms with E-state index in [1.54, 1.807) is 0 Å². The van der Waals surface area contributed by atoms with Crippen LogP contribution in [0.15, 0.2) is 0 Å². The third-order valence-corrected chi connectivity index (χ3v) is 0. The van der Waals surface area contributed by atoms with Gasteiger partial charge in [-0.15, -0.1) is 0 Å². The summed E-state index contributed by atoms with van der Waals surface area (Å²) in [6, 6.07) is 0. The van der Waals surface area contributed by atoms with Crippen molar-refractivity contribution >= 4 is 15.0 Å². The molecule has 0 saturated carbocycles. The van der Waals surface area contributed by atoms with Gasteiger partial charge in [-0.1, -0.05) is 0 Å². The van der Waals surface area contributed by atoms with Gasteiger partial charge in [-0.3, -0.25) is 0 Å². The van der Waals surface area contributed by atoms with Crippen molar-refractivity contribution in [2.45, 2.75) is 0 Å². The molecule has 6 nitrogen and oxygen atoms in total. The molecule has 0 fully saturated rings. The van der Waals surface area contributed by atoms with E-state index in [1.807, 2.05) is 0 Å². The summed E-state index contributed by atoms with van der Waals surface area (Å²) < 4.78 is 47.8. The predicted octanol–water partition coefficient (Wildman–Crippen LogP) is -2.41. The van der Waals surface area contributed by atoms with E-state index in [1.165, 1.54) is 0 Å². The first-order valence-electron chi connectivity index (χ1n) is 1.22. The molecule has 0 radical (unpaired) electrons. The Morgan fingerprint density at radius 2 is 1.25 bits per heavy atom. The Hall–Kier alpha value is 0.243. The van der Waals surface area contributed by atoms with Crippen LogP contribution in [0.2, 0.25) is 0 Å². The van der Waals surface area contributed by atoms with Gasteiger partial charge in [0.15, 0.2) is 0 Å². The molecule has 0 amide bonds. The van der Waals surface area contributed by atoms with Gasteiger partial charge in [0.25, 0.3) is 0 Å². The van der Waals surface area contributed by atoms with Gasteiger partial charge in [0.05, 0.1) is 0 Å². The van der Waals surface area contributed by atoms with Crippen molar-refractivity contribution in [1.82, 2.24) is 0 Å². The molecule has 0 aromatic rings. The fourth-order valence-electron chi connectivity index (χ4n) is 0. The Morgan fingerprint density at radius 3 is 1.25 bits per heavy atom. The van der Waals surface area contributed by atoms with Gasteiger partial charge < -0.3 is 0 Å². The Balaban J connectivity index is 0. The van der Waals surface area contributed by atoms with E-state index in [0.717, 1.165) is 0 Å². The average molecular weight is 265 g/mol. The predicted molar refractivity (Wildman–Crippen MR) is 14.5 cm³/mol. The Kier molecular flexibility index (Phi) is 10.0. The van der Waals surface area contributed by atoms with Crippen LogP contribution in [0.4, 0.5) is 0 Å². The first-order valence-corrected chi connectivity index (χ1v) is 6.73. The van der Waals surface area contributed by atoms with Crippen LogP contribution in [0.5, 0.6) is 0 Å². The van der Waals surface area contributed by atoms with Gasteiger partial charge >= 0.3 is 55.9 Å². The molecule has 0 aliphatic rings. The molecule has 0 atom stereocenters. The number of hydrogen-bond donors (Lipinski definition) is 3. The summed E-state index contributed by atoms with van der Waals surface area (Å²) in [7, 11) is 0. The SMILES string of the molecule is [O]=[Ge]([OH])[OH].[O]=[Nb](=[O])[OH]. The molecule has 0 aromatic carbocycles. The summed E-state index contributed by atoms with van der Waals surface area (Å²) >= 11 is -7.53. The topological polar surface area (TPSA) is 112 Å². The summed E-state index contributed by atoms with van der Waals surface area (Å²) in [4.78, 5) is 0. The van der Waals surface area contributed by atoms with Crippen LogP contribution < -0.4 is 0 Å². The molecule has 8 heteroatoms. The normalized spacial score (nSPS) is 6.12. The zero-order valence-electron chi connectivity index (χ0n) is 3.51. The van der Waals surface area contributed by atoms with Gasteiger partial charge in [0, 0.05) is 0 Å². The summed E-state index contributed by atoms with van der Waals surface area (Å²) in [5.74, 6) is 0. The fourth-order valence-corrected chi connectivity index (χ4v) is 0. The average Bonchev–Trinajstić information content (AvgIpc) is 1.25. The fraction of sp³-hybridized carbons (Fsp3) is 0. The van der Waals surface area contributed by atoms with Crippen molar-refractivity contribution in [3.8, 4) is 0 Å². The molecule has 0 rings (SSSR count). The number of rotatable bonds is 0. The van der Waals surface area contributed by atoms with Gasteiger partial charge in [-0.05, 0) is 0 Å². The molecular weight excluding hydrogens is 262 g/mol. The van der Waals surface area contributed by atoms with Crippen LogP contribution in [0.1, 0.15) is 0 Å². The third kappa shape index (κ3) is 2900. The maximum absolute atomic E-state index is 8.81. The van der Waals surface area contributed by atoms with Gasteiger partial charge in [0.2, 0.25) is 0 Å². The molecule has 0 heterocycles. The second kappa shape index (κ2) is 7.24. The van der Waals surface area contributed by atoms with Crippen LogP contribution in [0.3, 0.4) is 0 Å². The molecule has 0 aromatic heterocycles.